The van der Waals surface area contributed by atoms with Gasteiger partial charge in [0.2, 0.25) is 5.88 Å². The van der Waals surface area contributed by atoms with E-state index in [1.54, 1.807) is 13.3 Å². The highest BCUT2D eigenvalue weighted by Crippen LogP contribution is 2.19. The van der Waals surface area contributed by atoms with Crippen molar-refractivity contribution in [1.82, 2.24) is 9.88 Å². The highest BCUT2D eigenvalue weighted by molar-refractivity contribution is 5.25. The number of aromatic nitrogens is 1. The molecule has 1 saturated heterocycles. The van der Waals surface area contributed by atoms with Crippen molar-refractivity contribution in [1.29, 1.82) is 0 Å². The fourth-order valence-corrected chi connectivity index (χ4v) is 1.64. The van der Waals surface area contributed by atoms with Crippen LogP contribution in [-0.2, 0) is 6.54 Å². The second-order valence-electron chi connectivity index (χ2n) is 3.52. The Morgan fingerprint density at radius 1 is 1.64 bits per heavy atom. The van der Waals surface area contributed by atoms with Crippen LogP contribution in [0, 0.1) is 0 Å². The first kappa shape index (κ1) is 9.43. The van der Waals surface area contributed by atoms with Crippen molar-refractivity contribution in [2.45, 2.75) is 12.6 Å². The van der Waals surface area contributed by atoms with E-state index in [9.17, 15) is 0 Å². The predicted octanol–water partition coefficient (Wildman–Crippen LogP) is 0.267. The van der Waals surface area contributed by atoms with E-state index in [1.165, 1.54) is 0 Å². The average molecular weight is 194 g/mol. The summed E-state index contributed by atoms with van der Waals surface area (Å²) in [5.41, 5.74) is 1.07. The van der Waals surface area contributed by atoms with E-state index in [4.69, 9.17) is 9.84 Å². The van der Waals surface area contributed by atoms with Crippen LogP contribution in [-0.4, -0.2) is 41.3 Å². The second-order valence-corrected chi connectivity index (χ2v) is 3.52. The maximum absolute atomic E-state index is 9.13. The molecule has 0 bridgehead atoms. The molecule has 1 aromatic rings. The highest BCUT2D eigenvalue weighted by Gasteiger charge is 2.24. The van der Waals surface area contributed by atoms with Gasteiger partial charge < -0.3 is 9.84 Å². The molecule has 0 radical (unpaired) electrons. The molecule has 14 heavy (non-hydrogen) atoms. The Morgan fingerprint density at radius 3 is 3.07 bits per heavy atom. The SMILES string of the molecule is COc1ncccc1CN1CC(O)C1. The summed E-state index contributed by atoms with van der Waals surface area (Å²) in [5.74, 6) is 0.675. The van der Waals surface area contributed by atoms with Gasteiger partial charge in [-0.15, -0.1) is 0 Å². The number of ether oxygens (including phenoxy) is 1. The van der Waals surface area contributed by atoms with E-state index in [0.717, 1.165) is 25.2 Å². The first-order chi connectivity index (χ1) is 6.79. The molecule has 0 atom stereocenters. The zero-order chi connectivity index (χ0) is 9.97. The number of likely N-dealkylation sites (tertiary alicyclic amines) is 1. The average Bonchev–Trinajstić information content (AvgIpc) is 2.16. The van der Waals surface area contributed by atoms with Gasteiger partial charge in [0.15, 0.2) is 0 Å². The van der Waals surface area contributed by atoms with E-state index >= 15 is 0 Å². The van der Waals surface area contributed by atoms with Crippen molar-refractivity contribution >= 4 is 0 Å². The number of hydrogen-bond acceptors (Lipinski definition) is 4. The lowest BCUT2D eigenvalue weighted by Crippen LogP contribution is -2.49. The summed E-state index contributed by atoms with van der Waals surface area (Å²) in [7, 11) is 1.62. The van der Waals surface area contributed by atoms with E-state index in [-0.39, 0.29) is 6.10 Å². The summed E-state index contributed by atoms with van der Waals surface area (Å²) in [6.45, 7) is 2.30. The number of aliphatic hydroxyl groups is 1. The number of β-amino-alcohol motifs (C(OH)–C–C–N with tert-alkyl or cyclic N) is 1. The van der Waals surface area contributed by atoms with Gasteiger partial charge in [-0.25, -0.2) is 4.98 Å². The van der Waals surface area contributed by atoms with E-state index < -0.39 is 0 Å². The van der Waals surface area contributed by atoms with Crippen molar-refractivity contribution in [2.24, 2.45) is 0 Å². The number of hydrogen-bond donors (Lipinski definition) is 1. The molecule has 76 valence electrons. The van der Waals surface area contributed by atoms with E-state index in [0.29, 0.717) is 5.88 Å². The van der Waals surface area contributed by atoms with Gasteiger partial charge in [0.05, 0.1) is 13.2 Å². The molecule has 0 unspecified atom stereocenters. The van der Waals surface area contributed by atoms with Crippen molar-refractivity contribution in [2.75, 3.05) is 20.2 Å². The summed E-state index contributed by atoms with van der Waals surface area (Å²) < 4.78 is 5.14. The number of pyridine rings is 1. The zero-order valence-electron chi connectivity index (χ0n) is 8.18. The molecule has 0 amide bonds. The molecular formula is C10H14N2O2. The van der Waals surface area contributed by atoms with Gasteiger partial charge >= 0.3 is 0 Å². The molecule has 2 rings (SSSR count). The van der Waals surface area contributed by atoms with Crippen LogP contribution in [0.1, 0.15) is 5.56 Å². The molecular weight excluding hydrogens is 180 g/mol. The molecule has 1 aliphatic heterocycles. The topological polar surface area (TPSA) is 45.6 Å². The number of aliphatic hydroxyl groups excluding tert-OH is 1. The monoisotopic (exact) mass is 194 g/mol. The summed E-state index contributed by atoms with van der Waals surface area (Å²) in [4.78, 5) is 6.27. The van der Waals surface area contributed by atoms with Crippen molar-refractivity contribution in [3.63, 3.8) is 0 Å². The maximum atomic E-state index is 9.13. The Balaban J connectivity index is 2.01. The van der Waals surface area contributed by atoms with E-state index in [1.807, 2.05) is 12.1 Å². The first-order valence-corrected chi connectivity index (χ1v) is 4.68. The van der Waals surface area contributed by atoms with Gasteiger partial charge in [-0.05, 0) is 6.07 Å². The number of nitrogens with zero attached hydrogens (tertiary/aromatic N) is 2. The maximum Gasteiger partial charge on any atom is 0.217 e. The van der Waals surface area contributed by atoms with Crippen LogP contribution in [0.4, 0.5) is 0 Å². The van der Waals surface area contributed by atoms with Gasteiger partial charge in [-0.3, -0.25) is 4.90 Å². The molecule has 0 aliphatic carbocycles. The highest BCUT2D eigenvalue weighted by atomic mass is 16.5. The Hall–Kier alpha value is -1.13. The minimum absolute atomic E-state index is 0.155. The summed E-state index contributed by atoms with van der Waals surface area (Å²) in [5, 5.41) is 9.13. The van der Waals surface area contributed by atoms with Crippen LogP contribution in [0.2, 0.25) is 0 Å². The lowest BCUT2D eigenvalue weighted by molar-refractivity contribution is -0.00330. The Kier molecular flexibility index (Phi) is 2.65. The summed E-state index contributed by atoms with van der Waals surface area (Å²) >= 11 is 0. The van der Waals surface area contributed by atoms with Crippen LogP contribution in [0.25, 0.3) is 0 Å². The quantitative estimate of drug-likeness (QED) is 0.750. The molecule has 1 N–H and O–H groups in total. The van der Waals surface area contributed by atoms with E-state index in [2.05, 4.69) is 9.88 Å². The van der Waals surface area contributed by atoms with Crippen molar-refractivity contribution in [3.05, 3.63) is 23.9 Å². The lowest BCUT2D eigenvalue weighted by Gasteiger charge is -2.35. The third kappa shape index (κ3) is 1.86. The first-order valence-electron chi connectivity index (χ1n) is 4.68. The molecule has 0 saturated carbocycles. The Labute approximate surface area is 83.1 Å². The minimum atomic E-state index is -0.155. The standard InChI is InChI=1S/C10H14N2O2/c1-14-10-8(3-2-4-11-10)5-12-6-9(13)7-12/h2-4,9,13H,5-7H2,1H3. The molecule has 0 spiro atoms. The van der Waals surface area contributed by atoms with Crippen LogP contribution in [0.5, 0.6) is 5.88 Å². The fourth-order valence-electron chi connectivity index (χ4n) is 1.64. The number of methoxy groups -OCH3 is 1. The Bertz CT molecular complexity index is 311. The summed E-state index contributed by atoms with van der Waals surface area (Å²) in [6, 6.07) is 3.89. The van der Waals surface area contributed by atoms with Gasteiger partial charge in [0.1, 0.15) is 0 Å². The van der Waals surface area contributed by atoms with Crippen LogP contribution < -0.4 is 4.74 Å². The molecule has 1 aromatic heterocycles. The van der Waals surface area contributed by atoms with Gasteiger partial charge in [-0.1, -0.05) is 6.07 Å². The van der Waals surface area contributed by atoms with Crippen LogP contribution in [0.15, 0.2) is 18.3 Å². The number of rotatable bonds is 3. The molecule has 2 heterocycles. The normalized spacial score (nSPS) is 17.9. The minimum Gasteiger partial charge on any atom is -0.481 e. The lowest BCUT2D eigenvalue weighted by atomic mass is 10.1. The third-order valence-corrected chi connectivity index (χ3v) is 2.38. The van der Waals surface area contributed by atoms with Crippen molar-refractivity contribution in [3.8, 4) is 5.88 Å². The Morgan fingerprint density at radius 2 is 2.43 bits per heavy atom. The summed E-state index contributed by atoms with van der Waals surface area (Å²) in [6.07, 6.45) is 1.56. The van der Waals surface area contributed by atoms with Crippen molar-refractivity contribution < 1.29 is 9.84 Å². The van der Waals surface area contributed by atoms with Gasteiger partial charge in [0, 0.05) is 31.4 Å². The van der Waals surface area contributed by atoms with Gasteiger partial charge in [0.25, 0.3) is 0 Å². The molecule has 4 heteroatoms. The smallest absolute Gasteiger partial charge is 0.217 e. The molecule has 4 nitrogen and oxygen atoms in total. The molecule has 1 aliphatic rings. The van der Waals surface area contributed by atoms with Crippen LogP contribution in [0.3, 0.4) is 0 Å². The third-order valence-electron chi connectivity index (χ3n) is 2.38. The fraction of sp³-hybridized carbons (Fsp3) is 0.500. The van der Waals surface area contributed by atoms with Crippen LogP contribution >= 0.6 is 0 Å². The second kappa shape index (κ2) is 3.94. The molecule has 1 fully saturated rings. The predicted molar refractivity (Wildman–Crippen MR) is 52.1 cm³/mol. The zero-order valence-corrected chi connectivity index (χ0v) is 8.18. The molecule has 0 aromatic carbocycles. The van der Waals surface area contributed by atoms with Gasteiger partial charge in [-0.2, -0.15) is 0 Å². The largest absolute Gasteiger partial charge is 0.481 e.